The summed E-state index contributed by atoms with van der Waals surface area (Å²) in [5, 5.41) is 8.79. The van der Waals surface area contributed by atoms with Crippen LogP contribution in [-0.4, -0.2) is 72.3 Å². The van der Waals surface area contributed by atoms with E-state index < -0.39 is 0 Å². The van der Waals surface area contributed by atoms with E-state index in [-0.39, 0.29) is 0 Å². The first kappa shape index (κ1) is 19.8. The first-order chi connectivity index (χ1) is 13.1. The van der Waals surface area contributed by atoms with Gasteiger partial charge in [0.1, 0.15) is 11.4 Å². The average Bonchev–Trinajstić information content (AvgIpc) is 3.09. The van der Waals surface area contributed by atoms with Gasteiger partial charge in [0.25, 0.3) is 0 Å². The molecule has 2 heterocycles. The van der Waals surface area contributed by atoms with Gasteiger partial charge in [0.05, 0.1) is 26.0 Å². The van der Waals surface area contributed by atoms with Crippen LogP contribution in [0.2, 0.25) is 0 Å². The highest BCUT2D eigenvalue weighted by atomic mass is 16.5. The zero-order chi connectivity index (χ0) is 19.2. The van der Waals surface area contributed by atoms with E-state index in [1.165, 1.54) is 11.3 Å². The van der Waals surface area contributed by atoms with Gasteiger partial charge in [-0.25, -0.2) is 4.68 Å². The highest BCUT2D eigenvalue weighted by Gasteiger charge is 2.30. The molecule has 1 aromatic heterocycles. The van der Waals surface area contributed by atoms with Crippen molar-refractivity contribution in [1.82, 2.24) is 24.8 Å². The van der Waals surface area contributed by atoms with Gasteiger partial charge in [-0.1, -0.05) is 17.3 Å². The molecule has 0 radical (unpaired) electrons. The quantitative estimate of drug-likeness (QED) is 0.627. The fraction of sp³-hybridized carbons (Fsp3) is 0.600. The third-order valence-corrected chi connectivity index (χ3v) is 4.95. The number of rotatable bonds is 9. The smallest absolute Gasteiger partial charge is 0.118 e. The maximum atomic E-state index is 5.98. The molecule has 0 saturated heterocycles. The maximum Gasteiger partial charge on any atom is 0.118 e. The van der Waals surface area contributed by atoms with Crippen LogP contribution in [0.15, 0.2) is 24.3 Å². The monoisotopic (exact) mass is 373 g/mol. The summed E-state index contributed by atoms with van der Waals surface area (Å²) in [6, 6.07) is 8.28. The van der Waals surface area contributed by atoms with E-state index in [2.05, 4.69) is 53.3 Å². The number of ether oxygens (including phenoxy) is 2. The van der Waals surface area contributed by atoms with Crippen LogP contribution < -0.4 is 4.74 Å². The van der Waals surface area contributed by atoms with Crippen molar-refractivity contribution in [2.24, 2.45) is 0 Å². The molecule has 3 rings (SSSR count). The number of hydrogen-bond donors (Lipinski definition) is 0. The number of aryl methyl sites for hydroxylation is 1. The summed E-state index contributed by atoms with van der Waals surface area (Å²) >= 11 is 0. The van der Waals surface area contributed by atoms with Crippen molar-refractivity contribution in [2.45, 2.75) is 32.5 Å². The van der Waals surface area contributed by atoms with Crippen LogP contribution >= 0.6 is 0 Å². The number of nitrogens with zero attached hydrogens (tertiary/aromatic N) is 5. The highest BCUT2D eigenvalue weighted by molar-refractivity contribution is 5.27. The molecule has 1 atom stereocenters. The van der Waals surface area contributed by atoms with Crippen LogP contribution in [0.3, 0.4) is 0 Å². The van der Waals surface area contributed by atoms with E-state index in [9.17, 15) is 0 Å². The van der Waals surface area contributed by atoms with Crippen LogP contribution in [0.4, 0.5) is 0 Å². The number of aromatic nitrogens is 3. The van der Waals surface area contributed by atoms with Crippen LogP contribution in [0, 0.1) is 0 Å². The first-order valence-electron chi connectivity index (χ1n) is 9.60. The van der Waals surface area contributed by atoms with Crippen molar-refractivity contribution >= 4 is 0 Å². The van der Waals surface area contributed by atoms with Crippen molar-refractivity contribution < 1.29 is 9.47 Å². The molecule has 1 aliphatic heterocycles. The van der Waals surface area contributed by atoms with Crippen LogP contribution in [0.1, 0.15) is 29.8 Å². The Balaban J connectivity index is 1.68. The number of hydrogen-bond acceptors (Lipinski definition) is 6. The number of methoxy groups -OCH3 is 1. The fourth-order valence-corrected chi connectivity index (χ4v) is 3.54. The second kappa shape index (κ2) is 9.30. The van der Waals surface area contributed by atoms with Gasteiger partial charge in [-0.15, -0.1) is 5.10 Å². The van der Waals surface area contributed by atoms with Gasteiger partial charge in [0.15, 0.2) is 0 Å². The normalized spacial score (nSPS) is 17.3. The minimum Gasteiger partial charge on any atom is -0.497 e. The number of benzene rings is 1. The van der Waals surface area contributed by atoms with E-state index >= 15 is 0 Å². The summed E-state index contributed by atoms with van der Waals surface area (Å²) in [4.78, 5) is 4.57. The predicted octanol–water partition coefficient (Wildman–Crippen LogP) is 1.98. The summed E-state index contributed by atoms with van der Waals surface area (Å²) < 4.78 is 13.3. The molecule has 0 aliphatic carbocycles. The Morgan fingerprint density at radius 1 is 1.22 bits per heavy atom. The molecule has 0 amide bonds. The molecule has 0 unspecified atom stereocenters. The zero-order valence-corrected chi connectivity index (χ0v) is 16.9. The lowest BCUT2D eigenvalue weighted by molar-refractivity contribution is 0.0832. The molecule has 0 N–H and O–H groups in total. The lowest BCUT2D eigenvalue weighted by Crippen LogP contribution is -2.36. The van der Waals surface area contributed by atoms with E-state index in [0.29, 0.717) is 12.5 Å². The summed E-state index contributed by atoms with van der Waals surface area (Å²) in [7, 11) is 5.82. The van der Waals surface area contributed by atoms with Crippen LogP contribution in [0.5, 0.6) is 5.75 Å². The van der Waals surface area contributed by atoms with E-state index in [1.54, 1.807) is 7.11 Å². The maximum absolute atomic E-state index is 5.98. The minimum atomic E-state index is 0.295. The summed E-state index contributed by atoms with van der Waals surface area (Å²) in [5.41, 5.74) is 3.60. The second-order valence-corrected chi connectivity index (χ2v) is 7.33. The number of fused-ring (bicyclic) bond motifs is 1. The highest BCUT2D eigenvalue weighted by Crippen LogP contribution is 2.28. The standard InChI is InChI=1S/C20H31N5O2/c1-5-25-20-17(15-27-11-10-23(2)3)13-24(14-19(20)21-22-25)12-16-6-8-18(26-4)9-7-16/h6-9,17H,5,10-15H2,1-4H3/t17-/m0/s1. The largest absolute Gasteiger partial charge is 0.497 e. The Labute approximate surface area is 161 Å². The minimum absolute atomic E-state index is 0.295. The van der Waals surface area contributed by atoms with E-state index in [0.717, 1.165) is 50.8 Å². The van der Waals surface area contributed by atoms with Crippen molar-refractivity contribution in [1.29, 1.82) is 0 Å². The molecule has 1 aliphatic rings. The van der Waals surface area contributed by atoms with Gasteiger partial charge in [0, 0.05) is 38.6 Å². The SMILES string of the molecule is CCn1nnc2c1[C@H](COCCN(C)C)CN(Cc1ccc(OC)cc1)C2. The Bertz CT molecular complexity index is 714. The third kappa shape index (κ3) is 5.06. The van der Waals surface area contributed by atoms with Crippen LogP contribution in [-0.2, 0) is 24.4 Å². The molecule has 0 saturated carbocycles. The van der Waals surface area contributed by atoms with Gasteiger partial charge in [0.2, 0.25) is 0 Å². The molecule has 148 valence electrons. The van der Waals surface area contributed by atoms with E-state index in [1.807, 2.05) is 16.8 Å². The Morgan fingerprint density at radius 2 is 2.00 bits per heavy atom. The topological polar surface area (TPSA) is 55.7 Å². The summed E-state index contributed by atoms with van der Waals surface area (Å²) in [6.07, 6.45) is 0. The molecular weight excluding hydrogens is 342 g/mol. The first-order valence-corrected chi connectivity index (χ1v) is 9.60. The molecular formula is C20H31N5O2. The zero-order valence-electron chi connectivity index (χ0n) is 16.9. The fourth-order valence-electron chi connectivity index (χ4n) is 3.54. The second-order valence-electron chi connectivity index (χ2n) is 7.33. The van der Waals surface area contributed by atoms with Crippen molar-refractivity contribution in [3.63, 3.8) is 0 Å². The molecule has 7 heteroatoms. The molecule has 0 spiro atoms. The van der Waals surface area contributed by atoms with E-state index in [4.69, 9.17) is 9.47 Å². The average molecular weight is 374 g/mol. The van der Waals surface area contributed by atoms with Gasteiger partial charge >= 0.3 is 0 Å². The molecule has 0 fully saturated rings. The summed E-state index contributed by atoms with van der Waals surface area (Å²) in [5.74, 6) is 1.18. The van der Waals surface area contributed by atoms with Gasteiger partial charge in [-0.2, -0.15) is 0 Å². The van der Waals surface area contributed by atoms with Gasteiger partial charge in [-0.3, -0.25) is 4.90 Å². The Hall–Kier alpha value is -1.96. The Morgan fingerprint density at radius 3 is 2.67 bits per heavy atom. The van der Waals surface area contributed by atoms with Crippen molar-refractivity contribution in [3.8, 4) is 5.75 Å². The molecule has 27 heavy (non-hydrogen) atoms. The Kier molecular flexibility index (Phi) is 6.82. The third-order valence-electron chi connectivity index (χ3n) is 4.95. The molecule has 0 bridgehead atoms. The summed E-state index contributed by atoms with van der Waals surface area (Å²) in [6.45, 7) is 8.00. The van der Waals surface area contributed by atoms with Crippen molar-refractivity contribution in [3.05, 3.63) is 41.2 Å². The van der Waals surface area contributed by atoms with Gasteiger partial charge < -0.3 is 14.4 Å². The number of likely N-dealkylation sites (N-methyl/N-ethyl adjacent to an activating group) is 1. The molecule has 2 aromatic rings. The lowest BCUT2D eigenvalue weighted by atomic mass is 9.98. The van der Waals surface area contributed by atoms with Crippen LogP contribution in [0.25, 0.3) is 0 Å². The molecule has 7 nitrogen and oxygen atoms in total. The van der Waals surface area contributed by atoms with Crippen molar-refractivity contribution in [2.75, 3.05) is 47.5 Å². The lowest BCUT2D eigenvalue weighted by Gasteiger charge is -2.32. The molecule has 1 aromatic carbocycles. The van der Waals surface area contributed by atoms with Gasteiger partial charge in [-0.05, 0) is 38.7 Å². The predicted molar refractivity (Wildman–Crippen MR) is 105 cm³/mol.